The van der Waals surface area contributed by atoms with Gasteiger partial charge in [0.2, 0.25) is 0 Å². The first kappa shape index (κ1) is 15.1. The highest BCUT2D eigenvalue weighted by molar-refractivity contribution is 9.10. The summed E-state index contributed by atoms with van der Waals surface area (Å²) in [7, 11) is 0. The van der Waals surface area contributed by atoms with Crippen LogP contribution in [-0.4, -0.2) is 16.6 Å². The highest BCUT2D eigenvalue weighted by Gasteiger charge is 2.34. The van der Waals surface area contributed by atoms with E-state index in [1.54, 1.807) is 12.1 Å². The molecule has 18 heavy (non-hydrogen) atoms. The van der Waals surface area contributed by atoms with Crippen LogP contribution in [0.4, 0.5) is 4.39 Å². The number of carboxylic acid groups (broad SMARTS) is 1. The summed E-state index contributed by atoms with van der Waals surface area (Å²) in [5.74, 6) is -1.24. The first-order chi connectivity index (χ1) is 8.45. The fraction of sp³-hybridized carbons (Fsp3) is 0.462. The van der Waals surface area contributed by atoms with Gasteiger partial charge >= 0.3 is 5.97 Å². The average molecular weight is 318 g/mol. The van der Waals surface area contributed by atoms with Gasteiger partial charge in [0.05, 0.1) is 0 Å². The highest BCUT2D eigenvalue weighted by atomic mass is 79.9. The average Bonchev–Trinajstić information content (AvgIpc) is 2.32. The Bertz CT molecular complexity index is 433. The van der Waals surface area contributed by atoms with Crippen LogP contribution in [0.1, 0.15) is 32.3 Å². The lowest BCUT2D eigenvalue weighted by Gasteiger charge is -2.28. The molecule has 0 fully saturated rings. The van der Waals surface area contributed by atoms with E-state index in [0.29, 0.717) is 22.9 Å². The molecule has 0 saturated heterocycles. The summed E-state index contributed by atoms with van der Waals surface area (Å²) < 4.78 is 14.3. The maximum Gasteiger partial charge on any atom is 0.323 e. The van der Waals surface area contributed by atoms with Crippen molar-refractivity contribution in [2.45, 2.75) is 38.8 Å². The first-order valence-electron chi connectivity index (χ1n) is 5.87. The van der Waals surface area contributed by atoms with Gasteiger partial charge in [-0.2, -0.15) is 0 Å². The van der Waals surface area contributed by atoms with E-state index in [2.05, 4.69) is 21.2 Å². The molecule has 3 nitrogen and oxygen atoms in total. The zero-order chi connectivity index (χ0) is 13.8. The number of benzene rings is 1. The number of hydrogen-bond acceptors (Lipinski definition) is 2. The van der Waals surface area contributed by atoms with Crippen molar-refractivity contribution >= 4 is 21.9 Å². The molecule has 1 aromatic carbocycles. The lowest BCUT2D eigenvalue weighted by atomic mass is 9.92. The van der Waals surface area contributed by atoms with E-state index >= 15 is 0 Å². The van der Waals surface area contributed by atoms with Gasteiger partial charge in [-0.15, -0.1) is 0 Å². The van der Waals surface area contributed by atoms with Gasteiger partial charge < -0.3 is 5.11 Å². The molecular formula is C13H17BrFNO2. The van der Waals surface area contributed by atoms with Gasteiger partial charge in [-0.1, -0.05) is 35.8 Å². The van der Waals surface area contributed by atoms with Crippen LogP contribution in [0.5, 0.6) is 0 Å². The minimum absolute atomic E-state index is 0.201. The van der Waals surface area contributed by atoms with Crippen LogP contribution >= 0.6 is 15.9 Å². The van der Waals surface area contributed by atoms with Crippen LogP contribution in [-0.2, 0) is 11.3 Å². The normalized spacial score (nSPS) is 11.6. The quantitative estimate of drug-likeness (QED) is 0.846. The van der Waals surface area contributed by atoms with Crippen LogP contribution < -0.4 is 5.32 Å². The molecule has 0 aliphatic heterocycles. The van der Waals surface area contributed by atoms with Crippen LogP contribution in [0, 0.1) is 5.82 Å². The molecule has 1 aromatic rings. The molecule has 0 amide bonds. The van der Waals surface area contributed by atoms with Gasteiger partial charge in [0.25, 0.3) is 0 Å². The molecule has 0 bridgehead atoms. The summed E-state index contributed by atoms with van der Waals surface area (Å²) in [5.41, 5.74) is -0.523. The van der Waals surface area contributed by atoms with Crippen LogP contribution in [0.25, 0.3) is 0 Å². The fourth-order valence-electron chi connectivity index (χ4n) is 1.81. The standard InChI is InChI=1S/C13H17BrFNO2/c1-3-13(4-2,12(17)18)16-8-9-5-6-10(14)7-11(9)15/h5-7,16H,3-4,8H2,1-2H3,(H,17,18). The molecule has 2 N–H and O–H groups in total. The van der Waals surface area contributed by atoms with Crippen LogP contribution in [0.15, 0.2) is 22.7 Å². The number of hydrogen-bond donors (Lipinski definition) is 2. The third-order valence-electron chi connectivity index (χ3n) is 3.25. The van der Waals surface area contributed by atoms with Crippen LogP contribution in [0.3, 0.4) is 0 Å². The third-order valence-corrected chi connectivity index (χ3v) is 3.74. The second-order valence-corrected chi connectivity index (χ2v) is 5.10. The maximum atomic E-state index is 13.6. The van der Waals surface area contributed by atoms with Crippen molar-refractivity contribution in [3.63, 3.8) is 0 Å². The molecule has 0 aromatic heterocycles. The van der Waals surface area contributed by atoms with Crippen molar-refractivity contribution in [3.05, 3.63) is 34.1 Å². The minimum Gasteiger partial charge on any atom is -0.480 e. The van der Waals surface area contributed by atoms with Crippen LogP contribution in [0.2, 0.25) is 0 Å². The Morgan fingerprint density at radius 3 is 2.50 bits per heavy atom. The fourth-order valence-corrected chi connectivity index (χ4v) is 2.14. The van der Waals surface area contributed by atoms with E-state index in [0.717, 1.165) is 0 Å². The molecular weight excluding hydrogens is 301 g/mol. The highest BCUT2D eigenvalue weighted by Crippen LogP contribution is 2.19. The summed E-state index contributed by atoms with van der Waals surface area (Å²) in [6.07, 6.45) is 0.911. The van der Waals surface area contributed by atoms with E-state index in [1.807, 2.05) is 13.8 Å². The summed E-state index contributed by atoms with van der Waals surface area (Å²) >= 11 is 3.18. The van der Waals surface area contributed by atoms with E-state index in [4.69, 9.17) is 0 Å². The Kier molecular flexibility index (Phi) is 5.28. The lowest BCUT2D eigenvalue weighted by Crippen LogP contribution is -2.50. The monoisotopic (exact) mass is 317 g/mol. The molecule has 0 aliphatic carbocycles. The van der Waals surface area contributed by atoms with Crippen molar-refractivity contribution < 1.29 is 14.3 Å². The molecule has 0 radical (unpaired) electrons. The molecule has 1 rings (SSSR count). The number of carboxylic acids is 1. The third kappa shape index (κ3) is 3.29. The molecule has 0 aliphatic rings. The number of carbonyl (C=O) groups is 1. The maximum absolute atomic E-state index is 13.6. The van der Waals surface area contributed by atoms with Gasteiger partial charge in [0.15, 0.2) is 0 Å². The van der Waals surface area contributed by atoms with E-state index < -0.39 is 11.5 Å². The zero-order valence-electron chi connectivity index (χ0n) is 10.5. The number of halogens is 2. The summed E-state index contributed by atoms with van der Waals surface area (Å²) in [6.45, 7) is 3.82. The topological polar surface area (TPSA) is 49.3 Å². The van der Waals surface area contributed by atoms with Crippen molar-refractivity contribution in [3.8, 4) is 0 Å². The Morgan fingerprint density at radius 1 is 1.44 bits per heavy atom. The number of rotatable bonds is 6. The zero-order valence-corrected chi connectivity index (χ0v) is 12.1. The number of aliphatic carboxylic acids is 1. The van der Waals surface area contributed by atoms with Crippen molar-refractivity contribution in [2.75, 3.05) is 0 Å². The van der Waals surface area contributed by atoms with E-state index in [-0.39, 0.29) is 12.4 Å². The molecule has 0 saturated carbocycles. The molecule has 0 heterocycles. The predicted molar refractivity (Wildman–Crippen MR) is 71.9 cm³/mol. The molecule has 0 atom stereocenters. The Labute approximate surface area is 115 Å². The summed E-state index contributed by atoms with van der Waals surface area (Å²) in [5, 5.41) is 12.2. The minimum atomic E-state index is -0.987. The number of nitrogens with one attached hydrogen (secondary N) is 1. The van der Waals surface area contributed by atoms with Gasteiger partial charge in [0, 0.05) is 16.6 Å². The lowest BCUT2D eigenvalue weighted by molar-refractivity contribution is -0.145. The van der Waals surface area contributed by atoms with E-state index in [1.165, 1.54) is 6.07 Å². The summed E-state index contributed by atoms with van der Waals surface area (Å²) in [6, 6.07) is 4.75. The van der Waals surface area contributed by atoms with Gasteiger partial charge in [-0.3, -0.25) is 10.1 Å². The molecule has 0 unspecified atom stereocenters. The smallest absolute Gasteiger partial charge is 0.323 e. The Morgan fingerprint density at radius 2 is 2.06 bits per heavy atom. The SMILES string of the molecule is CCC(CC)(NCc1ccc(Br)cc1F)C(=O)O. The Hall–Kier alpha value is -0.940. The van der Waals surface area contributed by atoms with E-state index in [9.17, 15) is 14.3 Å². The van der Waals surface area contributed by atoms with Crippen molar-refractivity contribution in [2.24, 2.45) is 0 Å². The van der Waals surface area contributed by atoms with Gasteiger partial charge in [-0.05, 0) is 25.0 Å². The Balaban J connectivity index is 2.82. The molecule has 0 spiro atoms. The van der Waals surface area contributed by atoms with Crippen molar-refractivity contribution in [1.82, 2.24) is 5.32 Å². The summed E-state index contributed by atoms with van der Waals surface area (Å²) in [4.78, 5) is 11.3. The largest absolute Gasteiger partial charge is 0.480 e. The predicted octanol–water partition coefficient (Wildman–Crippen LogP) is 3.32. The second kappa shape index (κ2) is 6.29. The van der Waals surface area contributed by atoms with Gasteiger partial charge in [0.1, 0.15) is 11.4 Å². The molecule has 100 valence electrons. The van der Waals surface area contributed by atoms with Gasteiger partial charge in [-0.25, -0.2) is 4.39 Å². The molecule has 5 heteroatoms. The van der Waals surface area contributed by atoms with Crippen molar-refractivity contribution in [1.29, 1.82) is 0 Å². The second-order valence-electron chi connectivity index (χ2n) is 4.18. The first-order valence-corrected chi connectivity index (χ1v) is 6.67.